The summed E-state index contributed by atoms with van der Waals surface area (Å²) < 4.78 is 5.36. The first-order chi connectivity index (χ1) is 12.9. The smallest absolute Gasteiger partial charge is 0.265 e. The molecule has 140 valence electrons. The normalized spacial score (nSPS) is 12.7. The van der Waals surface area contributed by atoms with Crippen molar-refractivity contribution in [1.82, 2.24) is 10.9 Å². The van der Waals surface area contributed by atoms with Gasteiger partial charge in [0.15, 0.2) is 11.7 Å². The zero-order valence-corrected chi connectivity index (χ0v) is 15.9. The molecule has 8 heteroatoms. The topological polar surface area (TPSA) is 82.7 Å². The van der Waals surface area contributed by atoms with Crippen molar-refractivity contribution in [1.29, 1.82) is 0 Å². The molecule has 27 heavy (non-hydrogen) atoms. The lowest BCUT2D eigenvalue weighted by Crippen LogP contribution is -2.50. The molecule has 0 radical (unpaired) electrons. The first-order valence-corrected chi connectivity index (χ1v) is 8.79. The number of thiocarbonyl (C=S) groups is 1. The molecule has 0 fully saturated rings. The lowest BCUT2D eigenvalue weighted by molar-refractivity contribution is -0.125. The Morgan fingerprint density at radius 2 is 1.85 bits per heavy atom. The van der Waals surface area contributed by atoms with E-state index in [-0.39, 0.29) is 24.2 Å². The van der Waals surface area contributed by atoms with Crippen molar-refractivity contribution in [2.45, 2.75) is 13.8 Å². The van der Waals surface area contributed by atoms with E-state index in [9.17, 15) is 9.59 Å². The standard InChI is InChI=1S/C19H20N4O3S/c1-12-7-13(2)9-14(8-12)20-19(27)22-21-17(24)10-23-15-5-3-4-6-16(15)26-11-18(23)25/h3-9H,10-11H2,1-2H3,(H,21,24)(H2,20,22,27). The number of rotatable bonds is 3. The van der Waals surface area contributed by atoms with E-state index in [1.807, 2.05) is 32.0 Å². The number of ether oxygens (including phenoxy) is 1. The molecule has 0 atom stereocenters. The van der Waals surface area contributed by atoms with Crippen molar-refractivity contribution in [3.63, 3.8) is 0 Å². The van der Waals surface area contributed by atoms with Crippen LogP contribution in [0.1, 0.15) is 11.1 Å². The minimum Gasteiger partial charge on any atom is -0.482 e. The molecule has 0 saturated heterocycles. The van der Waals surface area contributed by atoms with E-state index in [4.69, 9.17) is 17.0 Å². The number of aryl methyl sites for hydroxylation is 2. The van der Waals surface area contributed by atoms with Crippen LogP contribution in [-0.4, -0.2) is 30.1 Å². The highest BCUT2D eigenvalue weighted by Crippen LogP contribution is 2.31. The summed E-state index contributed by atoms with van der Waals surface area (Å²) in [6.07, 6.45) is 0. The molecule has 1 heterocycles. The third-order valence-electron chi connectivity index (χ3n) is 3.90. The van der Waals surface area contributed by atoms with Crippen LogP contribution in [0.5, 0.6) is 5.75 Å². The van der Waals surface area contributed by atoms with Gasteiger partial charge in [-0.15, -0.1) is 0 Å². The lowest BCUT2D eigenvalue weighted by Gasteiger charge is -2.28. The maximum atomic E-state index is 12.2. The van der Waals surface area contributed by atoms with Crippen LogP contribution in [0.25, 0.3) is 0 Å². The molecule has 0 aliphatic carbocycles. The second-order valence-corrected chi connectivity index (χ2v) is 6.65. The number of hydrogen-bond donors (Lipinski definition) is 3. The van der Waals surface area contributed by atoms with E-state index in [1.54, 1.807) is 18.2 Å². The SMILES string of the molecule is Cc1cc(C)cc(NC(=S)NNC(=O)CN2C(=O)COc3ccccc32)c1. The van der Waals surface area contributed by atoms with Crippen molar-refractivity contribution in [2.75, 3.05) is 23.4 Å². The minimum atomic E-state index is -0.398. The molecule has 1 aliphatic heterocycles. The molecule has 0 unspecified atom stereocenters. The van der Waals surface area contributed by atoms with Gasteiger partial charge in [-0.25, -0.2) is 0 Å². The molecular weight excluding hydrogens is 364 g/mol. The largest absolute Gasteiger partial charge is 0.482 e. The summed E-state index contributed by atoms with van der Waals surface area (Å²) in [4.78, 5) is 25.7. The summed E-state index contributed by atoms with van der Waals surface area (Å²) in [5.74, 6) is -0.103. The summed E-state index contributed by atoms with van der Waals surface area (Å²) in [6, 6.07) is 13.0. The monoisotopic (exact) mass is 384 g/mol. The summed E-state index contributed by atoms with van der Waals surface area (Å²) in [5.41, 5.74) is 8.76. The van der Waals surface area contributed by atoms with Crippen LogP contribution in [0.2, 0.25) is 0 Å². The van der Waals surface area contributed by atoms with E-state index < -0.39 is 5.91 Å². The summed E-state index contributed by atoms with van der Waals surface area (Å²) in [5, 5.41) is 3.26. The van der Waals surface area contributed by atoms with Crippen molar-refractivity contribution in [2.24, 2.45) is 0 Å². The fraction of sp³-hybridized carbons (Fsp3) is 0.211. The highest BCUT2D eigenvalue weighted by Gasteiger charge is 2.26. The van der Waals surface area contributed by atoms with Gasteiger partial charge in [0.2, 0.25) is 0 Å². The van der Waals surface area contributed by atoms with Crippen LogP contribution in [0.4, 0.5) is 11.4 Å². The number of anilines is 2. The van der Waals surface area contributed by atoms with Crippen molar-refractivity contribution in [3.05, 3.63) is 53.6 Å². The molecule has 3 rings (SSSR count). The number of carbonyl (C=O) groups excluding carboxylic acids is 2. The average molecular weight is 384 g/mol. The van der Waals surface area contributed by atoms with E-state index in [0.29, 0.717) is 11.4 Å². The van der Waals surface area contributed by atoms with E-state index in [0.717, 1.165) is 16.8 Å². The first-order valence-electron chi connectivity index (χ1n) is 8.39. The van der Waals surface area contributed by atoms with Gasteiger partial charge in [0.05, 0.1) is 5.69 Å². The van der Waals surface area contributed by atoms with Gasteiger partial charge in [0.25, 0.3) is 11.8 Å². The molecule has 2 amide bonds. The van der Waals surface area contributed by atoms with Crippen LogP contribution in [-0.2, 0) is 9.59 Å². The van der Waals surface area contributed by atoms with Crippen LogP contribution < -0.4 is 25.8 Å². The number of nitrogens with zero attached hydrogens (tertiary/aromatic N) is 1. The van der Waals surface area contributed by atoms with Gasteiger partial charge < -0.3 is 10.1 Å². The van der Waals surface area contributed by atoms with Crippen LogP contribution in [0.15, 0.2) is 42.5 Å². The Balaban J connectivity index is 1.55. The number of nitrogens with one attached hydrogen (secondary N) is 3. The van der Waals surface area contributed by atoms with Gasteiger partial charge in [0, 0.05) is 5.69 Å². The third kappa shape index (κ3) is 4.73. The van der Waals surface area contributed by atoms with Crippen LogP contribution in [0.3, 0.4) is 0 Å². The molecular formula is C19H20N4O3S. The zero-order chi connectivity index (χ0) is 19.4. The fourth-order valence-corrected chi connectivity index (χ4v) is 3.01. The maximum absolute atomic E-state index is 12.2. The number of fused-ring (bicyclic) bond motifs is 1. The fourth-order valence-electron chi connectivity index (χ4n) is 2.85. The summed E-state index contributed by atoms with van der Waals surface area (Å²) >= 11 is 5.19. The predicted molar refractivity (Wildman–Crippen MR) is 108 cm³/mol. The highest BCUT2D eigenvalue weighted by atomic mass is 32.1. The van der Waals surface area contributed by atoms with Gasteiger partial charge in [-0.05, 0) is 61.5 Å². The van der Waals surface area contributed by atoms with Crippen LogP contribution in [0, 0.1) is 13.8 Å². The molecule has 7 nitrogen and oxygen atoms in total. The van der Waals surface area contributed by atoms with Gasteiger partial charge >= 0.3 is 0 Å². The minimum absolute atomic E-state index is 0.0929. The number of hydrogen-bond acceptors (Lipinski definition) is 4. The summed E-state index contributed by atoms with van der Waals surface area (Å²) in [6.45, 7) is 3.75. The lowest BCUT2D eigenvalue weighted by atomic mass is 10.1. The third-order valence-corrected chi connectivity index (χ3v) is 4.11. The molecule has 0 bridgehead atoms. The Hall–Kier alpha value is -3.13. The van der Waals surface area contributed by atoms with Gasteiger partial charge in [-0.1, -0.05) is 18.2 Å². The number of para-hydroxylation sites is 2. The Morgan fingerprint density at radius 1 is 1.15 bits per heavy atom. The van der Waals surface area contributed by atoms with E-state index in [1.165, 1.54) is 4.90 Å². The molecule has 2 aromatic rings. The first kappa shape index (κ1) is 18.7. The van der Waals surface area contributed by atoms with Crippen molar-refractivity contribution >= 4 is 40.5 Å². The molecule has 2 aromatic carbocycles. The number of hydrazine groups is 1. The maximum Gasteiger partial charge on any atom is 0.265 e. The molecule has 3 N–H and O–H groups in total. The Labute approximate surface area is 162 Å². The number of carbonyl (C=O) groups is 2. The van der Waals surface area contributed by atoms with E-state index in [2.05, 4.69) is 22.2 Å². The van der Waals surface area contributed by atoms with Gasteiger partial charge in [-0.2, -0.15) is 0 Å². The highest BCUT2D eigenvalue weighted by molar-refractivity contribution is 7.80. The van der Waals surface area contributed by atoms with E-state index >= 15 is 0 Å². The second kappa shape index (κ2) is 8.05. The quantitative estimate of drug-likeness (QED) is 0.555. The Morgan fingerprint density at radius 3 is 2.59 bits per heavy atom. The second-order valence-electron chi connectivity index (χ2n) is 6.24. The molecule has 0 aromatic heterocycles. The number of amides is 2. The molecule has 0 saturated carbocycles. The van der Waals surface area contributed by atoms with Crippen molar-refractivity contribution < 1.29 is 14.3 Å². The average Bonchev–Trinajstić information content (AvgIpc) is 2.61. The van der Waals surface area contributed by atoms with Crippen LogP contribution >= 0.6 is 12.2 Å². The zero-order valence-electron chi connectivity index (χ0n) is 15.0. The molecule has 1 aliphatic rings. The molecule has 0 spiro atoms. The van der Waals surface area contributed by atoms with Gasteiger partial charge in [0.1, 0.15) is 12.3 Å². The predicted octanol–water partition coefficient (Wildman–Crippen LogP) is 2.05. The van der Waals surface area contributed by atoms with Crippen molar-refractivity contribution in [3.8, 4) is 5.75 Å². The summed E-state index contributed by atoms with van der Waals surface area (Å²) in [7, 11) is 0. The Kier molecular flexibility index (Phi) is 5.56. The Bertz CT molecular complexity index is 880. The number of benzene rings is 2. The van der Waals surface area contributed by atoms with Gasteiger partial charge in [-0.3, -0.25) is 25.3 Å².